The number of nitrogens with one attached hydrogen (secondary N) is 1. The molecule has 0 bridgehead atoms. The Balaban J connectivity index is 1.49. The molecular formula is C20H17ClN6O2. The maximum Gasteiger partial charge on any atom is 0.262 e. The van der Waals surface area contributed by atoms with Gasteiger partial charge in [0.05, 0.1) is 10.7 Å². The number of halogens is 1. The van der Waals surface area contributed by atoms with Gasteiger partial charge in [-0.25, -0.2) is 0 Å². The molecule has 1 amide bonds. The summed E-state index contributed by atoms with van der Waals surface area (Å²) in [6.45, 7) is 3.59. The third kappa shape index (κ3) is 3.88. The Morgan fingerprint density at radius 3 is 2.86 bits per heavy atom. The maximum absolute atomic E-state index is 12.4. The summed E-state index contributed by atoms with van der Waals surface area (Å²) in [5.74, 6) is 0.850. The van der Waals surface area contributed by atoms with E-state index in [0.29, 0.717) is 27.8 Å². The van der Waals surface area contributed by atoms with Crippen LogP contribution in [0, 0.1) is 13.8 Å². The molecule has 0 spiro atoms. The highest BCUT2D eigenvalue weighted by Crippen LogP contribution is 2.29. The quantitative estimate of drug-likeness (QED) is 0.543. The Kier molecular flexibility index (Phi) is 5.09. The molecule has 2 heterocycles. The van der Waals surface area contributed by atoms with Crippen LogP contribution in [0.15, 0.2) is 48.7 Å². The van der Waals surface area contributed by atoms with Gasteiger partial charge in [-0.3, -0.25) is 9.78 Å². The number of carbonyl (C=O) groups excluding carboxylic acids is 1. The number of hydrogen-bond donors (Lipinski definition) is 1. The van der Waals surface area contributed by atoms with Crippen molar-refractivity contribution in [3.8, 4) is 11.4 Å². The van der Waals surface area contributed by atoms with Crippen LogP contribution in [0.2, 0.25) is 5.02 Å². The molecule has 2 aromatic carbocycles. The molecule has 4 rings (SSSR count). The van der Waals surface area contributed by atoms with E-state index in [9.17, 15) is 4.79 Å². The largest absolute Gasteiger partial charge is 0.481 e. The highest BCUT2D eigenvalue weighted by Gasteiger charge is 2.12. The molecule has 29 heavy (non-hydrogen) atoms. The lowest BCUT2D eigenvalue weighted by molar-refractivity contribution is -0.118. The first-order valence-corrected chi connectivity index (χ1v) is 9.22. The summed E-state index contributed by atoms with van der Waals surface area (Å²) in [5.41, 5.74) is 3.00. The number of fused-ring (bicyclic) bond motifs is 1. The Hall–Kier alpha value is -3.52. The summed E-state index contributed by atoms with van der Waals surface area (Å²) in [5, 5.41) is 15.7. The molecule has 0 atom stereocenters. The molecule has 0 radical (unpaired) electrons. The van der Waals surface area contributed by atoms with Crippen molar-refractivity contribution < 1.29 is 9.53 Å². The molecular weight excluding hydrogens is 392 g/mol. The molecule has 146 valence electrons. The molecule has 0 unspecified atom stereocenters. The van der Waals surface area contributed by atoms with Crippen LogP contribution < -0.4 is 10.1 Å². The summed E-state index contributed by atoms with van der Waals surface area (Å²) in [6, 6.07) is 12.6. The van der Waals surface area contributed by atoms with Gasteiger partial charge in [0, 0.05) is 17.3 Å². The first-order chi connectivity index (χ1) is 14.0. The monoisotopic (exact) mass is 408 g/mol. The minimum Gasteiger partial charge on any atom is -0.481 e. The van der Waals surface area contributed by atoms with Crippen molar-refractivity contribution in [1.82, 2.24) is 25.2 Å². The van der Waals surface area contributed by atoms with Crippen molar-refractivity contribution in [3.63, 3.8) is 0 Å². The molecule has 0 aliphatic heterocycles. The summed E-state index contributed by atoms with van der Waals surface area (Å²) in [6.07, 6.45) is 1.65. The average molecular weight is 409 g/mol. The van der Waals surface area contributed by atoms with Crippen molar-refractivity contribution in [1.29, 1.82) is 0 Å². The Labute approximate surface area is 171 Å². The summed E-state index contributed by atoms with van der Waals surface area (Å²) in [7, 11) is 0. The topological polar surface area (TPSA) is 94.8 Å². The van der Waals surface area contributed by atoms with Crippen molar-refractivity contribution in [2.45, 2.75) is 13.8 Å². The van der Waals surface area contributed by atoms with Gasteiger partial charge in [0.25, 0.3) is 5.91 Å². The van der Waals surface area contributed by atoms with Crippen molar-refractivity contribution in [2.75, 3.05) is 11.9 Å². The van der Waals surface area contributed by atoms with E-state index in [4.69, 9.17) is 16.3 Å². The summed E-state index contributed by atoms with van der Waals surface area (Å²) in [4.78, 5) is 16.7. The molecule has 0 fully saturated rings. The van der Waals surface area contributed by atoms with Gasteiger partial charge in [-0.05, 0) is 66.2 Å². The second kappa shape index (κ2) is 7.84. The van der Waals surface area contributed by atoms with E-state index in [1.54, 1.807) is 29.1 Å². The van der Waals surface area contributed by atoms with Crippen LogP contribution in [0.4, 0.5) is 5.69 Å². The number of rotatable bonds is 5. The lowest BCUT2D eigenvalue weighted by atomic mass is 10.2. The molecule has 0 saturated carbocycles. The molecule has 1 N–H and O–H groups in total. The van der Waals surface area contributed by atoms with Crippen LogP contribution in [0.5, 0.6) is 5.75 Å². The van der Waals surface area contributed by atoms with Gasteiger partial charge in [0.2, 0.25) is 0 Å². The molecule has 0 saturated heterocycles. The zero-order chi connectivity index (χ0) is 20.4. The lowest BCUT2D eigenvalue weighted by Gasteiger charge is -2.12. The normalized spacial score (nSPS) is 10.9. The first-order valence-electron chi connectivity index (χ1n) is 8.85. The van der Waals surface area contributed by atoms with E-state index in [1.807, 2.05) is 38.1 Å². The van der Waals surface area contributed by atoms with Crippen molar-refractivity contribution in [2.24, 2.45) is 0 Å². The van der Waals surface area contributed by atoms with Gasteiger partial charge in [0.15, 0.2) is 12.4 Å². The standard InChI is InChI=1S/C20H17ClN6O2/c1-12-5-6-14(10-17(12)27-13(2)24-25-26-27)23-19(28)11-29-18-8-7-16(21)15-4-3-9-22-20(15)18/h3-10H,11H2,1-2H3,(H,23,28). The Morgan fingerprint density at radius 2 is 2.07 bits per heavy atom. The first kappa shape index (κ1) is 18.8. The van der Waals surface area contributed by atoms with E-state index in [1.165, 1.54) is 0 Å². The van der Waals surface area contributed by atoms with E-state index in [0.717, 1.165) is 16.6 Å². The highest BCUT2D eigenvalue weighted by molar-refractivity contribution is 6.35. The van der Waals surface area contributed by atoms with Gasteiger partial charge in [-0.15, -0.1) is 5.10 Å². The minimum atomic E-state index is -0.299. The molecule has 0 aliphatic carbocycles. The summed E-state index contributed by atoms with van der Waals surface area (Å²) >= 11 is 6.19. The van der Waals surface area contributed by atoms with Gasteiger partial charge in [-0.1, -0.05) is 17.7 Å². The van der Waals surface area contributed by atoms with Crippen molar-refractivity contribution in [3.05, 3.63) is 65.1 Å². The van der Waals surface area contributed by atoms with E-state index in [-0.39, 0.29) is 12.5 Å². The number of amides is 1. The number of pyridine rings is 1. The second-order valence-electron chi connectivity index (χ2n) is 6.42. The summed E-state index contributed by atoms with van der Waals surface area (Å²) < 4.78 is 7.30. The van der Waals surface area contributed by atoms with Crippen LogP contribution >= 0.6 is 11.6 Å². The third-order valence-corrected chi connectivity index (χ3v) is 4.71. The SMILES string of the molecule is Cc1ccc(NC(=O)COc2ccc(Cl)c3cccnc23)cc1-n1nnnc1C. The number of hydrogen-bond acceptors (Lipinski definition) is 6. The number of nitrogens with zero attached hydrogens (tertiary/aromatic N) is 5. The van der Waals surface area contributed by atoms with Crippen LogP contribution in [0.1, 0.15) is 11.4 Å². The second-order valence-corrected chi connectivity index (χ2v) is 6.83. The van der Waals surface area contributed by atoms with Gasteiger partial charge in [-0.2, -0.15) is 4.68 Å². The number of carbonyl (C=O) groups is 1. The fourth-order valence-electron chi connectivity index (χ4n) is 2.94. The van der Waals surface area contributed by atoms with Crippen LogP contribution in [0.25, 0.3) is 16.6 Å². The molecule has 2 aromatic heterocycles. The van der Waals surface area contributed by atoms with E-state index >= 15 is 0 Å². The van der Waals surface area contributed by atoms with Crippen LogP contribution in [-0.2, 0) is 4.79 Å². The zero-order valence-electron chi connectivity index (χ0n) is 15.8. The third-order valence-electron chi connectivity index (χ3n) is 4.38. The average Bonchev–Trinajstić information content (AvgIpc) is 3.15. The zero-order valence-corrected chi connectivity index (χ0v) is 16.5. The number of ether oxygens (including phenoxy) is 1. The van der Waals surface area contributed by atoms with Gasteiger partial charge >= 0.3 is 0 Å². The van der Waals surface area contributed by atoms with Gasteiger partial charge in [0.1, 0.15) is 11.3 Å². The van der Waals surface area contributed by atoms with E-state index < -0.39 is 0 Å². The molecule has 8 nitrogen and oxygen atoms in total. The van der Waals surface area contributed by atoms with Gasteiger partial charge < -0.3 is 10.1 Å². The Morgan fingerprint density at radius 1 is 1.21 bits per heavy atom. The number of aromatic nitrogens is 5. The molecule has 4 aromatic rings. The Bertz CT molecular complexity index is 1210. The van der Waals surface area contributed by atoms with Crippen molar-refractivity contribution >= 4 is 34.1 Å². The lowest BCUT2D eigenvalue weighted by Crippen LogP contribution is -2.20. The van der Waals surface area contributed by atoms with Crippen LogP contribution in [0.3, 0.4) is 0 Å². The number of anilines is 1. The maximum atomic E-state index is 12.4. The predicted molar refractivity (Wildman–Crippen MR) is 110 cm³/mol. The number of aryl methyl sites for hydroxylation is 2. The smallest absolute Gasteiger partial charge is 0.262 e. The highest BCUT2D eigenvalue weighted by atomic mass is 35.5. The minimum absolute atomic E-state index is 0.166. The molecule has 0 aliphatic rings. The van der Waals surface area contributed by atoms with E-state index in [2.05, 4.69) is 25.8 Å². The fraction of sp³-hybridized carbons (Fsp3) is 0.150. The number of tetrazole rings is 1. The number of benzene rings is 2. The predicted octanol–water partition coefficient (Wildman–Crippen LogP) is 3.50. The molecule has 9 heteroatoms. The fourth-order valence-corrected chi connectivity index (χ4v) is 3.15. The van der Waals surface area contributed by atoms with Crippen LogP contribution in [-0.4, -0.2) is 37.7 Å².